The van der Waals surface area contributed by atoms with Crippen molar-refractivity contribution in [1.82, 2.24) is 14.6 Å². The van der Waals surface area contributed by atoms with E-state index in [9.17, 15) is 5.11 Å². The predicted octanol–water partition coefficient (Wildman–Crippen LogP) is 0.989. The molecule has 0 saturated heterocycles. The molecule has 1 aliphatic carbocycles. The molecule has 3 rings (SSSR count). The van der Waals surface area contributed by atoms with Crippen molar-refractivity contribution in [1.29, 1.82) is 0 Å². The lowest BCUT2D eigenvalue weighted by molar-refractivity contribution is 0.264. The smallest absolute Gasteiger partial charge is 0.161 e. The van der Waals surface area contributed by atoms with Gasteiger partial charge >= 0.3 is 0 Å². The molecule has 17 heavy (non-hydrogen) atoms. The van der Waals surface area contributed by atoms with Gasteiger partial charge in [0, 0.05) is 11.6 Å². The molecule has 1 atom stereocenters. The molecule has 0 aromatic carbocycles. The van der Waals surface area contributed by atoms with Crippen molar-refractivity contribution in [2.75, 3.05) is 6.61 Å². The van der Waals surface area contributed by atoms with Gasteiger partial charge in [0.05, 0.1) is 12.6 Å². The first-order chi connectivity index (χ1) is 8.31. The third-order valence-corrected chi connectivity index (χ3v) is 3.53. The minimum absolute atomic E-state index is 0.0681. The van der Waals surface area contributed by atoms with Gasteiger partial charge < -0.3 is 10.8 Å². The van der Waals surface area contributed by atoms with Crippen LogP contribution in [0.5, 0.6) is 0 Å². The van der Waals surface area contributed by atoms with Gasteiger partial charge in [-0.1, -0.05) is 12.5 Å². The Balaban J connectivity index is 2.16. The number of rotatable bonds is 3. The van der Waals surface area contributed by atoms with Crippen LogP contribution in [0.2, 0.25) is 0 Å². The molecular weight excluding hydrogens is 216 g/mol. The van der Waals surface area contributed by atoms with E-state index in [2.05, 4.69) is 10.2 Å². The number of aromatic nitrogens is 3. The molecule has 5 heteroatoms. The summed E-state index contributed by atoms with van der Waals surface area (Å²) >= 11 is 0. The first-order valence-electron chi connectivity index (χ1n) is 6.01. The highest BCUT2D eigenvalue weighted by Crippen LogP contribution is 2.36. The molecule has 1 saturated carbocycles. The number of nitrogens with two attached hydrogens (primary N) is 1. The van der Waals surface area contributed by atoms with Crippen molar-refractivity contribution in [3.63, 3.8) is 0 Å². The second kappa shape index (κ2) is 4.09. The molecule has 0 bridgehead atoms. The molecule has 0 spiro atoms. The van der Waals surface area contributed by atoms with E-state index < -0.39 is 0 Å². The number of hydrogen-bond acceptors (Lipinski definition) is 4. The van der Waals surface area contributed by atoms with E-state index >= 15 is 0 Å². The summed E-state index contributed by atoms with van der Waals surface area (Å²) in [6.07, 6.45) is 3.60. The van der Waals surface area contributed by atoms with Gasteiger partial charge in [-0.3, -0.25) is 4.40 Å². The fraction of sp³-hybridized carbons (Fsp3) is 0.500. The maximum Gasteiger partial charge on any atom is 0.161 e. The highest BCUT2D eigenvalue weighted by Gasteiger charge is 2.26. The number of aliphatic hydroxyl groups excluding tert-OH is 1. The van der Waals surface area contributed by atoms with Crippen molar-refractivity contribution in [3.8, 4) is 0 Å². The molecule has 0 amide bonds. The van der Waals surface area contributed by atoms with Crippen LogP contribution in [0.15, 0.2) is 18.2 Å². The predicted molar refractivity (Wildman–Crippen MR) is 63.6 cm³/mol. The molecule has 1 unspecified atom stereocenters. The second-order valence-electron chi connectivity index (χ2n) is 4.62. The van der Waals surface area contributed by atoms with Crippen LogP contribution in [0.1, 0.15) is 42.7 Å². The van der Waals surface area contributed by atoms with Crippen LogP contribution in [-0.2, 0) is 0 Å². The van der Waals surface area contributed by atoms with Crippen LogP contribution in [0, 0.1) is 0 Å². The summed E-state index contributed by atoms with van der Waals surface area (Å²) < 4.78 is 2.00. The van der Waals surface area contributed by atoms with E-state index in [4.69, 9.17) is 5.73 Å². The molecule has 90 valence electrons. The zero-order valence-electron chi connectivity index (χ0n) is 9.58. The fourth-order valence-electron chi connectivity index (χ4n) is 2.30. The van der Waals surface area contributed by atoms with Crippen molar-refractivity contribution >= 4 is 5.65 Å². The number of fused-ring (bicyclic) bond motifs is 1. The van der Waals surface area contributed by atoms with Gasteiger partial charge in [-0.05, 0) is 25.0 Å². The molecular formula is C12H16N4O. The molecule has 1 fully saturated rings. The molecule has 5 nitrogen and oxygen atoms in total. The van der Waals surface area contributed by atoms with Crippen molar-refractivity contribution in [3.05, 3.63) is 29.7 Å². The van der Waals surface area contributed by atoms with E-state index in [0.29, 0.717) is 5.92 Å². The minimum Gasteiger partial charge on any atom is -0.394 e. The Bertz CT molecular complexity index is 532. The Morgan fingerprint density at radius 1 is 1.41 bits per heavy atom. The number of nitrogens with zero attached hydrogens (tertiary/aromatic N) is 3. The first kappa shape index (κ1) is 10.7. The molecule has 2 aromatic rings. The monoisotopic (exact) mass is 232 g/mol. The zero-order chi connectivity index (χ0) is 11.8. The quantitative estimate of drug-likeness (QED) is 0.827. The Labute approximate surface area is 99.3 Å². The van der Waals surface area contributed by atoms with Crippen molar-refractivity contribution < 1.29 is 5.11 Å². The van der Waals surface area contributed by atoms with Gasteiger partial charge in [0.1, 0.15) is 5.82 Å². The third kappa shape index (κ3) is 1.62. The SMILES string of the molecule is NC(CO)c1cccc2nnc(C3CCC3)n12. The number of pyridine rings is 1. The lowest BCUT2D eigenvalue weighted by atomic mass is 9.85. The highest BCUT2D eigenvalue weighted by atomic mass is 16.3. The van der Waals surface area contributed by atoms with Crippen molar-refractivity contribution in [2.45, 2.75) is 31.2 Å². The summed E-state index contributed by atoms with van der Waals surface area (Å²) in [6.45, 7) is -0.0681. The van der Waals surface area contributed by atoms with Crippen LogP contribution in [0.25, 0.3) is 5.65 Å². The normalized spacial score (nSPS) is 18.2. The standard InChI is InChI=1S/C12H16N4O/c13-9(7-17)10-5-2-6-11-14-15-12(16(10)11)8-3-1-4-8/h2,5-6,8-9,17H,1,3-4,7,13H2. The molecule has 0 radical (unpaired) electrons. The molecule has 1 aliphatic rings. The molecule has 3 N–H and O–H groups in total. The van der Waals surface area contributed by atoms with Gasteiger partial charge in [-0.2, -0.15) is 0 Å². The van der Waals surface area contributed by atoms with Crippen LogP contribution < -0.4 is 5.73 Å². The van der Waals surface area contributed by atoms with E-state index in [1.54, 1.807) is 0 Å². The van der Waals surface area contributed by atoms with Gasteiger partial charge in [0.15, 0.2) is 5.65 Å². The second-order valence-corrected chi connectivity index (χ2v) is 4.62. The summed E-state index contributed by atoms with van der Waals surface area (Å²) in [5.41, 5.74) is 7.62. The minimum atomic E-state index is -0.381. The first-order valence-corrected chi connectivity index (χ1v) is 6.01. The van der Waals surface area contributed by atoms with E-state index in [0.717, 1.165) is 17.2 Å². The fourth-order valence-corrected chi connectivity index (χ4v) is 2.30. The average molecular weight is 232 g/mol. The summed E-state index contributed by atoms with van der Waals surface area (Å²) in [4.78, 5) is 0. The number of aliphatic hydroxyl groups is 1. The zero-order valence-corrected chi connectivity index (χ0v) is 9.58. The van der Waals surface area contributed by atoms with Crippen LogP contribution >= 0.6 is 0 Å². The highest BCUT2D eigenvalue weighted by molar-refractivity contribution is 5.41. The van der Waals surface area contributed by atoms with Gasteiger partial charge in [-0.25, -0.2) is 0 Å². The Kier molecular flexibility index (Phi) is 2.57. The summed E-state index contributed by atoms with van der Waals surface area (Å²) in [6, 6.07) is 5.37. The van der Waals surface area contributed by atoms with Crippen LogP contribution in [0.4, 0.5) is 0 Å². The average Bonchev–Trinajstić information content (AvgIpc) is 2.70. The van der Waals surface area contributed by atoms with Gasteiger partial charge in [-0.15, -0.1) is 10.2 Å². The molecule has 2 aromatic heterocycles. The molecule has 0 aliphatic heterocycles. The Morgan fingerprint density at radius 2 is 2.24 bits per heavy atom. The van der Waals surface area contributed by atoms with Gasteiger partial charge in [0.25, 0.3) is 0 Å². The van der Waals surface area contributed by atoms with Crippen molar-refractivity contribution in [2.24, 2.45) is 5.73 Å². The van der Waals surface area contributed by atoms with Crippen LogP contribution in [-0.4, -0.2) is 26.3 Å². The van der Waals surface area contributed by atoms with Crippen LogP contribution in [0.3, 0.4) is 0 Å². The summed E-state index contributed by atoms with van der Waals surface area (Å²) in [7, 11) is 0. The summed E-state index contributed by atoms with van der Waals surface area (Å²) in [5.74, 6) is 1.49. The topological polar surface area (TPSA) is 76.4 Å². The maximum atomic E-state index is 9.21. The third-order valence-electron chi connectivity index (χ3n) is 3.53. The Hall–Kier alpha value is -1.46. The Morgan fingerprint density at radius 3 is 2.88 bits per heavy atom. The lowest BCUT2D eigenvalue weighted by Gasteiger charge is -2.24. The van der Waals surface area contributed by atoms with E-state index in [-0.39, 0.29) is 12.6 Å². The molecule has 2 heterocycles. The van der Waals surface area contributed by atoms with Gasteiger partial charge in [0.2, 0.25) is 0 Å². The summed E-state index contributed by atoms with van der Waals surface area (Å²) in [5, 5.41) is 17.7. The van der Waals surface area contributed by atoms with E-state index in [1.807, 2.05) is 22.6 Å². The largest absolute Gasteiger partial charge is 0.394 e. The lowest BCUT2D eigenvalue weighted by Crippen LogP contribution is -2.20. The number of hydrogen-bond donors (Lipinski definition) is 2. The van der Waals surface area contributed by atoms with E-state index in [1.165, 1.54) is 19.3 Å². The maximum absolute atomic E-state index is 9.21.